The second kappa shape index (κ2) is 2.99. The van der Waals surface area contributed by atoms with Gasteiger partial charge in [-0.05, 0) is 23.4 Å². The number of hydrogen-bond donors (Lipinski definition) is 0. The molecule has 1 nitrogen and oxygen atoms in total. The summed E-state index contributed by atoms with van der Waals surface area (Å²) < 4.78 is 0. The van der Waals surface area contributed by atoms with Gasteiger partial charge in [-0.1, -0.05) is 6.92 Å². The van der Waals surface area contributed by atoms with E-state index in [-0.39, 0.29) is 6.61 Å². The molecule has 0 saturated carbocycles. The van der Waals surface area contributed by atoms with E-state index >= 15 is 0 Å². The van der Waals surface area contributed by atoms with E-state index in [2.05, 4.69) is 6.92 Å². The molecule has 0 amide bonds. The van der Waals surface area contributed by atoms with Crippen molar-refractivity contribution in [3.05, 3.63) is 21.9 Å². The quantitative estimate of drug-likeness (QED) is 0.602. The first kappa shape index (κ1) is 6.78. The fourth-order valence-electron chi connectivity index (χ4n) is 0.806. The molecule has 0 bridgehead atoms. The molecular formula is C7H9OS. The van der Waals surface area contributed by atoms with Crippen LogP contribution in [0.3, 0.4) is 0 Å². The van der Waals surface area contributed by atoms with Crippen LogP contribution in [-0.2, 0) is 18.1 Å². The Balaban J connectivity index is 2.85. The molecule has 1 aromatic rings. The summed E-state index contributed by atoms with van der Waals surface area (Å²) in [7, 11) is 0. The van der Waals surface area contributed by atoms with Crippen molar-refractivity contribution in [3.63, 3.8) is 0 Å². The van der Waals surface area contributed by atoms with Crippen molar-refractivity contribution in [3.8, 4) is 0 Å². The van der Waals surface area contributed by atoms with Crippen molar-refractivity contribution >= 4 is 11.3 Å². The van der Waals surface area contributed by atoms with Gasteiger partial charge in [0.15, 0.2) is 0 Å². The van der Waals surface area contributed by atoms with Crippen molar-refractivity contribution in [1.29, 1.82) is 0 Å². The largest absolute Gasteiger partial charge is 0.232 e. The van der Waals surface area contributed by atoms with Gasteiger partial charge >= 0.3 is 0 Å². The zero-order valence-corrected chi connectivity index (χ0v) is 6.20. The third kappa shape index (κ3) is 1.32. The maximum absolute atomic E-state index is 10.4. The second-order valence-corrected chi connectivity index (χ2v) is 2.87. The first-order chi connectivity index (χ1) is 4.38. The SMILES string of the molecule is CCc1sccc1C[O]. The molecule has 1 radical (unpaired) electrons. The van der Waals surface area contributed by atoms with Gasteiger partial charge in [0.1, 0.15) is 6.61 Å². The first-order valence-electron chi connectivity index (χ1n) is 3.01. The topological polar surface area (TPSA) is 19.9 Å². The molecule has 9 heavy (non-hydrogen) atoms. The van der Waals surface area contributed by atoms with Crippen LogP contribution in [0.25, 0.3) is 0 Å². The molecule has 0 saturated heterocycles. The summed E-state index contributed by atoms with van der Waals surface area (Å²) in [6.07, 6.45) is 0.995. The van der Waals surface area contributed by atoms with Crippen molar-refractivity contribution in [2.24, 2.45) is 0 Å². The lowest BCUT2D eigenvalue weighted by molar-refractivity contribution is 0.177. The number of rotatable bonds is 2. The van der Waals surface area contributed by atoms with Gasteiger partial charge in [-0.25, -0.2) is 5.11 Å². The van der Waals surface area contributed by atoms with E-state index in [0.717, 1.165) is 12.0 Å². The van der Waals surface area contributed by atoms with Crippen LogP contribution < -0.4 is 0 Å². The Hall–Kier alpha value is -0.340. The zero-order chi connectivity index (χ0) is 6.69. The molecule has 1 rings (SSSR count). The second-order valence-electron chi connectivity index (χ2n) is 1.87. The van der Waals surface area contributed by atoms with Gasteiger partial charge in [0.25, 0.3) is 0 Å². The Morgan fingerprint density at radius 3 is 2.89 bits per heavy atom. The fourth-order valence-corrected chi connectivity index (χ4v) is 1.65. The van der Waals surface area contributed by atoms with Crippen molar-refractivity contribution in [2.75, 3.05) is 0 Å². The normalized spacial score (nSPS) is 10.0. The minimum absolute atomic E-state index is 0.0628. The lowest BCUT2D eigenvalue weighted by atomic mass is 10.2. The maximum atomic E-state index is 10.4. The molecule has 0 unspecified atom stereocenters. The molecule has 1 aromatic heterocycles. The van der Waals surface area contributed by atoms with Crippen LogP contribution in [0.4, 0.5) is 0 Å². The van der Waals surface area contributed by atoms with Crippen LogP contribution in [-0.4, -0.2) is 0 Å². The molecule has 2 heteroatoms. The van der Waals surface area contributed by atoms with Crippen LogP contribution in [0.1, 0.15) is 17.4 Å². The minimum Gasteiger partial charge on any atom is -0.232 e. The average molecular weight is 141 g/mol. The Bertz CT molecular complexity index is 162. The van der Waals surface area contributed by atoms with Crippen LogP contribution >= 0.6 is 11.3 Å². The molecule has 0 atom stereocenters. The van der Waals surface area contributed by atoms with Gasteiger partial charge in [-0.2, -0.15) is 0 Å². The van der Waals surface area contributed by atoms with E-state index in [4.69, 9.17) is 0 Å². The molecule has 0 aromatic carbocycles. The van der Waals surface area contributed by atoms with Crippen molar-refractivity contribution in [2.45, 2.75) is 20.0 Å². The highest BCUT2D eigenvalue weighted by atomic mass is 32.1. The Labute approximate surface area is 59.0 Å². The van der Waals surface area contributed by atoms with Gasteiger partial charge in [0.05, 0.1) is 0 Å². The van der Waals surface area contributed by atoms with Crippen LogP contribution in [0.5, 0.6) is 0 Å². The highest BCUT2D eigenvalue weighted by Crippen LogP contribution is 2.16. The van der Waals surface area contributed by atoms with Gasteiger partial charge in [-0.15, -0.1) is 11.3 Å². The summed E-state index contributed by atoms with van der Waals surface area (Å²) in [5.41, 5.74) is 0.975. The van der Waals surface area contributed by atoms with E-state index in [0.29, 0.717) is 0 Å². The smallest absolute Gasteiger partial charge is 0.108 e. The molecule has 1 heterocycles. The summed E-state index contributed by atoms with van der Waals surface area (Å²) in [6, 6.07) is 1.91. The average Bonchev–Trinajstić information content (AvgIpc) is 2.33. The molecule has 0 spiro atoms. The van der Waals surface area contributed by atoms with Crippen LogP contribution in [0.2, 0.25) is 0 Å². The Kier molecular flexibility index (Phi) is 2.25. The lowest BCUT2D eigenvalue weighted by Gasteiger charge is -1.91. The first-order valence-corrected chi connectivity index (χ1v) is 3.89. The van der Waals surface area contributed by atoms with Crippen LogP contribution in [0, 0.1) is 0 Å². The third-order valence-corrected chi connectivity index (χ3v) is 2.42. The number of aryl methyl sites for hydroxylation is 1. The zero-order valence-electron chi connectivity index (χ0n) is 5.39. The minimum atomic E-state index is -0.0628. The van der Waals surface area contributed by atoms with Gasteiger partial charge in [0.2, 0.25) is 0 Å². The van der Waals surface area contributed by atoms with E-state index in [9.17, 15) is 5.11 Å². The highest BCUT2D eigenvalue weighted by Gasteiger charge is 1.98. The monoisotopic (exact) mass is 141 g/mol. The van der Waals surface area contributed by atoms with E-state index in [1.165, 1.54) is 4.88 Å². The third-order valence-electron chi connectivity index (χ3n) is 1.31. The molecule has 0 aliphatic rings. The molecular weight excluding hydrogens is 132 g/mol. The lowest BCUT2D eigenvalue weighted by Crippen LogP contribution is -1.81. The number of hydrogen-bond acceptors (Lipinski definition) is 1. The van der Waals surface area contributed by atoms with Crippen molar-refractivity contribution in [1.82, 2.24) is 0 Å². The molecule has 49 valence electrons. The van der Waals surface area contributed by atoms with Crippen molar-refractivity contribution < 1.29 is 5.11 Å². The Morgan fingerprint density at radius 1 is 1.67 bits per heavy atom. The predicted octanol–water partition coefficient (Wildman–Crippen LogP) is 2.24. The molecule has 0 N–H and O–H groups in total. The van der Waals surface area contributed by atoms with E-state index in [1.807, 2.05) is 11.4 Å². The highest BCUT2D eigenvalue weighted by molar-refractivity contribution is 7.10. The summed E-state index contributed by atoms with van der Waals surface area (Å²) in [5.74, 6) is 0. The predicted molar refractivity (Wildman–Crippen MR) is 38.1 cm³/mol. The maximum Gasteiger partial charge on any atom is 0.108 e. The number of thiophene rings is 1. The van der Waals surface area contributed by atoms with Gasteiger partial charge < -0.3 is 0 Å². The van der Waals surface area contributed by atoms with Gasteiger partial charge in [-0.3, -0.25) is 0 Å². The summed E-state index contributed by atoms with van der Waals surface area (Å²) >= 11 is 1.67. The summed E-state index contributed by atoms with van der Waals surface area (Å²) in [4.78, 5) is 1.24. The summed E-state index contributed by atoms with van der Waals surface area (Å²) in [5, 5.41) is 12.4. The fraction of sp³-hybridized carbons (Fsp3) is 0.429. The van der Waals surface area contributed by atoms with E-state index < -0.39 is 0 Å². The standard InChI is InChI=1S/C7H9OS/c1-2-7-6(5-8)3-4-9-7/h3-4H,2,5H2,1H3. The van der Waals surface area contributed by atoms with Gasteiger partial charge in [0, 0.05) is 4.88 Å². The molecule has 0 aliphatic carbocycles. The summed E-state index contributed by atoms with van der Waals surface area (Å²) in [6.45, 7) is 2.01. The van der Waals surface area contributed by atoms with Crippen LogP contribution in [0.15, 0.2) is 11.4 Å². The molecule has 0 fully saturated rings. The van der Waals surface area contributed by atoms with E-state index in [1.54, 1.807) is 11.3 Å². The molecule has 0 aliphatic heterocycles. The Morgan fingerprint density at radius 2 is 2.44 bits per heavy atom.